The number of nitrogens with zero attached hydrogens (tertiary/aromatic N) is 4. The van der Waals surface area contributed by atoms with Crippen molar-refractivity contribution in [2.45, 2.75) is 13.5 Å². The molecule has 0 aliphatic rings. The Balaban J connectivity index is 2.05. The van der Waals surface area contributed by atoms with Crippen molar-refractivity contribution in [2.24, 2.45) is 0 Å². The van der Waals surface area contributed by atoms with Crippen molar-refractivity contribution in [1.29, 1.82) is 0 Å². The first kappa shape index (κ1) is 11.5. The fraction of sp³-hybridized carbons (Fsp3) is 0.333. The predicted molar refractivity (Wildman–Crippen MR) is 65.0 cm³/mol. The molecular formula is C9H12N6OS. The second-order valence-electron chi connectivity index (χ2n) is 3.24. The molecule has 3 N–H and O–H groups in total. The van der Waals surface area contributed by atoms with Crippen LogP contribution in [0.15, 0.2) is 5.38 Å². The molecule has 0 fully saturated rings. The Kier molecular flexibility index (Phi) is 3.33. The first-order chi connectivity index (χ1) is 8.17. The third kappa shape index (κ3) is 3.00. The van der Waals surface area contributed by atoms with Gasteiger partial charge in [-0.25, -0.2) is 4.98 Å². The fourth-order valence-corrected chi connectivity index (χ4v) is 1.89. The zero-order chi connectivity index (χ0) is 12.3. The fourth-order valence-electron chi connectivity index (χ4n) is 1.18. The third-order valence-corrected chi connectivity index (χ3v) is 2.85. The van der Waals surface area contributed by atoms with Crippen molar-refractivity contribution in [3.8, 4) is 6.01 Å². The first-order valence-corrected chi connectivity index (χ1v) is 5.76. The molecule has 0 aliphatic heterocycles. The van der Waals surface area contributed by atoms with E-state index in [2.05, 4.69) is 25.3 Å². The van der Waals surface area contributed by atoms with Crippen molar-refractivity contribution in [3.05, 3.63) is 16.1 Å². The van der Waals surface area contributed by atoms with Crippen molar-refractivity contribution in [3.63, 3.8) is 0 Å². The van der Waals surface area contributed by atoms with Crippen molar-refractivity contribution in [1.82, 2.24) is 19.9 Å². The predicted octanol–water partition coefficient (Wildman–Crippen LogP) is 0.839. The number of thiazole rings is 1. The molecule has 0 aliphatic carbocycles. The summed E-state index contributed by atoms with van der Waals surface area (Å²) in [6, 6.07) is 0.190. The number of aryl methyl sites for hydroxylation is 1. The zero-order valence-electron chi connectivity index (χ0n) is 9.47. The van der Waals surface area contributed by atoms with Crippen molar-refractivity contribution < 1.29 is 4.74 Å². The number of hydrogen-bond acceptors (Lipinski definition) is 8. The molecule has 0 atom stereocenters. The average Bonchev–Trinajstić information content (AvgIpc) is 2.72. The molecule has 0 aromatic carbocycles. The molecule has 2 heterocycles. The van der Waals surface area contributed by atoms with Gasteiger partial charge in [0.25, 0.3) is 0 Å². The molecule has 0 amide bonds. The van der Waals surface area contributed by atoms with Crippen LogP contribution in [0.3, 0.4) is 0 Å². The highest BCUT2D eigenvalue weighted by Gasteiger charge is 2.05. The van der Waals surface area contributed by atoms with E-state index in [1.54, 1.807) is 11.3 Å². The summed E-state index contributed by atoms with van der Waals surface area (Å²) in [5.74, 6) is 0.497. The minimum absolute atomic E-state index is 0.120. The van der Waals surface area contributed by atoms with Crippen LogP contribution in [0, 0.1) is 6.92 Å². The Labute approximate surface area is 102 Å². The van der Waals surface area contributed by atoms with Crippen LogP contribution in [-0.4, -0.2) is 27.0 Å². The van der Waals surface area contributed by atoms with Gasteiger partial charge in [-0.2, -0.15) is 15.0 Å². The Hall–Kier alpha value is -1.96. The Bertz CT molecular complexity index is 514. The molecular weight excluding hydrogens is 240 g/mol. The molecule has 0 spiro atoms. The number of anilines is 2. The van der Waals surface area contributed by atoms with Crippen LogP contribution in [0.1, 0.15) is 10.7 Å². The van der Waals surface area contributed by atoms with Gasteiger partial charge in [-0.05, 0) is 6.92 Å². The normalized spacial score (nSPS) is 10.2. The second-order valence-corrected chi connectivity index (χ2v) is 4.18. The van der Waals surface area contributed by atoms with Gasteiger partial charge in [0.2, 0.25) is 11.9 Å². The van der Waals surface area contributed by atoms with Crippen LogP contribution in [0.25, 0.3) is 0 Å². The Morgan fingerprint density at radius 3 is 2.82 bits per heavy atom. The lowest BCUT2D eigenvalue weighted by Crippen LogP contribution is -2.08. The number of rotatable bonds is 4. The molecule has 2 rings (SSSR count). The van der Waals surface area contributed by atoms with Crippen LogP contribution in [0.5, 0.6) is 6.01 Å². The maximum Gasteiger partial charge on any atom is 0.322 e. The maximum absolute atomic E-state index is 5.51. The highest BCUT2D eigenvalue weighted by Crippen LogP contribution is 2.12. The lowest BCUT2D eigenvalue weighted by molar-refractivity contribution is 0.379. The van der Waals surface area contributed by atoms with Gasteiger partial charge in [0, 0.05) is 11.1 Å². The molecule has 0 saturated carbocycles. The van der Waals surface area contributed by atoms with Gasteiger partial charge in [0.15, 0.2) is 0 Å². The van der Waals surface area contributed by atoms with Gasteiger partial charge in [0.1, 0.15) is 5.01 Å². The van der Waals surface area contributed by atoms with E-state index in [-0.39, 0.29) is 12.0 Å². The monoisotopic (exact) mass is 252 g/mol. The molecule has 7 nitrogen and oxygen atoms in total. The molecule has 8 heteroatoms. The summed E-state index contributed by atoms with van der Waals surface area (Å²) in [6.07, 6.45) is 0. The summed E-state index contributed by atoms with van der Waals surface area (Å²) >= 11 is 1.58. The van der Waals surface area contributed by atoms with E-state index in [9.17, 15) is 0 Å². The molecule has 0 unspecified atom stereocenters. The maximum atomic E-state index is 5.51. The summed E-state index contributed by atoms with van der Waals surface area (Å²) in [5, 5.41) is 5.96. The molecule has 0 bridgehead atoms. The van der Waals surface area contributed by atoms with E-state index in [4.69, 9.17) is 10.5 Å². The van der Waals surface area contributed by atoms with Gasteiger partial charge in [-0.1, -0.05) is 0 Å². The Morgan fingerprint density at radius 2 is 2.18 bits per heavy atom. The molecule has 0 saturated heterocycles. The van der Waals surface area contributed by atoms with Crippen LogP contribution >= 0.6 is 11.3 Å². The highest BCUT2D eigenvalue weighted by atomic mass is 32.1. The topological polar surface area (TPSA) is 98.8 Å². The summed E-state index contributed by atoms with van der Waals surface area (Å²) in [6.45, 7) is 2.50. The lowest BCUT2D eigenvalue weighted by Gasteiger charge is -2.04. The largest absolute Gasteiger partial charge is 0.467 e. The number of methoxy groups -OCH3 is 1. The van der Waals surface area contributed by atoms with E-state index >= 15 is 0 Å². The number of aromatic nitrogens is 4. The van der Waals surface area contributed by atoms with Crippen molar-refractivity contribution in [2.75, 3.05) is 18.2 Å². The second kappa shape index (κ2) is 4.91. The summed E-state index contributed by atoms with van der Waals surface area (Å²) in [5.41, 5.74) is 6.51. The number of ether oxygens (including phenoxy) is 1. The molecule has 2 aromatic heterocycles. The quantitative estimate of drug-likeness (QED) is 0.831. The molecule has 90 valence electrons. The molecule has 0 radical (unpaired) electrons. The van der Waals surface area contributed by atoms with Crippen LogP contribution in [0.2, 0.25) is 0 Å². The minimum Gasteiger partial charge on any atom is -0.467 e. The third-order valence-electron chi connectivity index (χ3n) is 1.88. The SMILES string of the molecule is COc1nc(N)nc(NCc2nc(C)cs2)n1. The standard InChI is InChI=1S/C9H12N6OS/c1-5-4-17-6(12-5)3-11-8-13-7(10)14-9(15-8)16-2/h4H,3H2,1-2H3,(H3,10,11,13,14,15). The number of nitrogen functional groups attached to an aromatic ring is 1. The van der Waals surface area contributed by atoms with E-state index in [1.807, 2.05) is 12.3 Å². The van der Waals surface area contributed by atoms with E-state index < -0.39 is 0 Å². The summed E-state index contributed by atoms with van der Waals surface area (Å²) < 4.78 is 4.90. The Morgan fingerprint density at radius 1 is 1.35 bits per heavy atom. The van der Waals surface area contributed by atoms with E-state index in [0.29, 0.717) is 12.5 Å². The van der Waals surface area contributed by atoms with Crippen LogP contribution in [0.4, 0.5) is 11.9 Å². The zero-order valence-corrected chi connectivity index (χ0v) is 10.3. The molecule has 2 aromatic rings. The first-order valence-electron chi connectivity index (χ1n) is 4.88. The summed E-state index contributed by atoms with van der Waals surface area (Å²) in [7, 11) is 1.47. The lowest BCUT2D eigenvalue weighted by atomic mass is 10.6. The van der Waals surface area contributed by atoms with Gasteiger partial charge in [0.05, 0.1) is 13.7 Å². The van der Waals surface area contributed by atoms with E-state index in [1.165, 1.54) is 7.11 Å². The van der Waals surface area contributed by atoms with Crippen LogP contribution in [-0.2, 0) is 6.54 Å². The number of nitrogens with one attached hydrogen (secondary N) is 1. The van der Waals surface area contributed by atoms with E-state index in [0.717, 1.165) is 10.7 Å². The summed E-state index contributed by atoms with van der Waals surface area (Å²) in [4.78, 5) is 16.1. The van der Waals surface area contributed by atoms with Crippen molar-refractivity contribution >= 4 is 23.2 Å². The number of hydrogen-bond donors (Lipinski definition) is 2. The highest BCUT2D eigenvalue weighted by molar-refractivity contribution is 7.09. The molecule has 17 heavy (non-hydrogen) atoms. The van der Waals surface area contributed by atoms with Gasteiger partial charge in [-0.3, -0.25) is 0 Å². The van der Waals surface area contributed by atoms with Gasteiger partial charge >= 0.3 is 6.01 Å². The van der Waals surface area contributed by atoms with Gasteiger partial charge in [-0.15, -0.1) is 11.3 Å². The number of nitrogens with two attached hydrogens (primary N) is 1. The average molecular weight is 252 g/mol. The smallest absolute Gasteiger partial charge is 0.322 e. The van der Waals surface area contributed by atoms with Crippen LogP contribution < -0.4 is 15.8 Å². The van der Waals surface area contributed by atoms with Gasteiger partial charge < -0.3 is 15.8 Å². The minimum atomic E-state index is 0.120.